The number of pyridine rings is 2. The maximum atomic E-state index is 13.2. The van der Waals surface area contributed by atoms with Crippen LogP contribution in [-0.4, -0.2) is 34.2 Å². The summed E-state index contributed by atoms with van der Waals surface area (Å²) >= 11 is 0. The second-order valence-corrected chi connectivity index (χ2v) is 20.5. The fourth-order valence-electron chi connectivity index (χ4n) is 10.5. The number of imidazole rings is 2. The molecule has 0 aliphatic carbocycles. The van der Waals surface area contributed by atoms with Crippen LogP contribution in [0.15, 0.2) is 262 Å². The van der Waals surface area contributed by atoms with Crippen LogP contribution >= 0.6 is 0 Å². The largest absolute Gasteiger partial charge is 0.506 e. The Hall–Kier alpha value is -9.97. The van der Waals surface area contributed by atoms with E-state index in [1.165, 1.54) is 33.4 Å². The van der Waals surface area contributed by atoms with Gasteiger partial charge in [-0.1, -0.05) is 170 Å². The third-order valence-electron chi connectivity index (χ3n) is 14.6. The van der Waals surface area contributed by atoms with Gasteiger partial charge >= 0.3 is 0 Å². The summed E-state index contributed by atoms with van der Waals surface area (Å²) in [6, 6.07) is 78.7. The Bertz CT molecular complexity index is 4530. The summed E-state index contributed by atoms with van der Waals surface area (Å²) in [6.07, 6.45) is 10.8. The van der Waals surface area contributed by atoms with E-state index in [9.17, 15) is 8.78 Å². The molecular formula is C78H57F2Ir3N8O-3. The molecule has 0 saturated carbocycles. The Kier molecular flexibility index (Phi) is 25.1. The van der Waals surface area contributed by atoms with E-state index in [1.807, 2.05) is 42.9 Å². The maximum absolute atomic E-state index is 13.2. The van der Waals surface area contributed by atoms with Gasteiger partial charge in [0.2, 0.25) is 0 Å². The Labute approximate surface area is 576 Å². The second-order valence-electron chi connectivity index (χ2n) is 20.5. The van der Waals surface area contributed by atoms with Crippen molar-refractivity contribution in [3.63, 3.8) is 0 Å². The van der Waals surface area contributed by atoms with Crippen molar-refractivity contribution in [1.82, 2.24) is 29.1 Å². The molecule has 0 aliphatic rings. The van der Waals surface area contributed by atoms with E-state index >= 15 is 0 Å². The summed E-state index contributed by atoms with van der Waals surface area (Å²) in [6.45, 7) is 26.8. The zero-order valence-electron chi connectivity index (χ0n) is 50.2. The SMILES string of the molecule is C=C(O)c1ccccn1.Fc1c[c-]c(-c2ccccn2)c(F)c1.[C-]#[N+]c1cc[c-]c(-c2nccn2-c2c(-c3c(C)cccc3C)cccc2-c2c(C)cccc2C)c1.[C-]#[N+]c1cc[c-]c(-c2nccn2-c2c(-c3ccccc3)cccc2-c2ccccc2)c1.[Ir].[Ir].[Ir]. The average Bonchev–Trinajstić information content (AvgIpc) is 1.18. The molecule has 13 aromatic rings. The number of nitrogens with zero attached hydrogens (tertiary/aromatic N) is 8. The van der Waals surface area contributed by atoms with Gasteiger partial charge in [0.05, 0.1) is 36.2 Å². The summed E-state index contributed by atoms with van der Waals surface area (Å²) in [4.78, 5) is 24.3. The monoisotopic (exact) mass is 1740 g/mol. The quantitative estimate of drug-likeness (QED) is 0.109. The Morgan fingerprint density at radius 2 is 0.891 bits per heavy atom. The molecule has 0 atom stereocenters. The molecule has 9 aromatic carbocycles. The second kappa shape index (κ2) is 33.2. The minimum absolute atomic E-state index is 0. The first-order chi connectivity index (χ1) is 43.4. The molecule has 0 aliphatic heterocycles. The summed E-state index contributed by atoms with van der Waals surface area (Å²) in [5.74, 6) is 0.245. The Morgan fingerprint density at radius 3 is 1.29 bits per heavy atom. The van der Waals surface area contributed by atoms with Gasteiger partial charge in [0, 0.05) is 131 Å². The number of hydrogen-bond acceptors (Lipinski definition) is 5. The molecule has 0 unspecified atom stereocenters. The number of hydrogen-bond donors (Lipinski definition) is 1. The summed E-state index contributed by atoms with van der Waals surface area (Å²) in [5, 5.41) is 8.77. The number of aliphatic hydroxyl groups is 1. The average molecular weight is 1740 g/mol. The number of halogens is 2. The van der Waals surface area contributed by atoms with Crippen LogP contribution in [0.2, 0.25) is 0 Å². The molecule has 0 spiro atoms. The molecule has 14 heteroatoms. The molecule has 13 rings (SSSR count). The van der Waals surface area contributed by atoms with Crippen LogP contribution in [0.3, 0.4) is 0 Å². The van der Waals surface area contributed by atoms with Gasteiger partial charge in [-0.05, 0) is 96.1 Å². The molecule has 459 valence electrons. The van der Waals surface area contributed by atoms with Crippen molar-refractivity contribution in [3.05, 3.63) is 343 Å². The number of para-hydroxylation sites is 2. The topological polar surface area (TPSA) is 90.4 Å². The van der Waals surface area contributed by atoms with Gasteiger partial charge in [-0.15, -0.1) is 59.7 Å². The molecule has 0 fully saturated rings. The van der Waals surface area contributed by atoms with Crippen molar-refractivity contribution < 1.29 is 74.2 Å². The van der Waals surface area contributed by atoms with E-state index in [0.717, 1.165) is 79.7 Å². The number of aliphatic hydroxyl groups excluding tert-OH is 1. The van der Waals surface area contributed by atoms with Gasteiger partial charge < -0.3 is 19.2 Å². The van der Waals surface area contributed by atoms with Crippen LogP contribution in [0.1, 0.15) is 27.9 Å². The van der Waals surface area contributed by atoms with Gasteiger partial charge in [-0.3, -0.25) is 33.4 Å². The Balaban J connectivity index is 0.000000191. The van der Waals surface area contributed by atoms with Crippen molar-refractivity contribution in [1.29, 1.82) is 0 Å². The first-order valence-electron chi connectivity index (χ1n) is 28.4. The van der Waals surface area contributed by atoms with Crippen molar-refractivity contribution >= 4 is 17.1 Å². The van der Waals surface area contributed by atoms with Gasteiger partial charge in [-0.2, -0.15) is 12.1 Å². The fourth-order valence-corrected chi connectivity index (χ4v) is 10.5. The summed E-state index contributed by atoms with van der Waals surface area (Å²) in [5.41, 5.74) is 20.2. The van der Waals surface area contributed by atoms with E-state index < -0.39 is 11.6 Å². The zero-order chi connectivity index (χ0) is 62.2. The van der Waals surface area contributed by atoms with Crippen LogP contribution in [0.4, 0.5) is 20.2 Å². The fraction of sp³-hybridized carbons (Fsp3) is 0.0513. The third-order valence-corrected chi connectivity index (χ3v) is 14.6. The van der Waals surface area contributed by atoms with Crippen LogP contribution in [0.25, 0.3) is 105 Å². The molecule has 0 bridgehead atoms. The first-order valence-corrected chi connectivity index (χ1v) is 28.4. The minimum Gasteiger partial charge on any atom is -0.506 e. The molecular weight excluding hydrogens is 1680 g/mol. The summed E-state index contributed by atoms with van der Waals surface area (Å²) < 4.78 is 30.1. The zero-order valence-corrected chi connectivity index (χ0v) is 57.4. The number of aryl methyl sites for hydroxylation is 4. The maximum Gasteiger partial charge on any atom is 0.134 e. The summed E-state index contributed by atoms with van der Waals surface area (Å²) in [7, 11) is 0. The number of benzene rings is 9. The van der Waals surface area contributed by atoms with Gasteiger partial charge in [0.15, 0.2) is 0 Å². The number of aromatic nitrogens is 6. The minimum atomic E-state index is -0.649. The van der Waals surface area contributed by atoms with E-state index in [0.29, 0.717) is 22.8 Å². The van der Waals surface area contributed by atoms with E-state index in [4.69, 9.17) is 23.2 Å². The predicted molar refractivity (Wildman–Crippen MR) is 353 cm³/mol. The molecule has 1 N–H and O–H groups in total. The van der Waals surface area contributed by atoms with E-state index in [1.54, 1.807) is 79.3 Å². The Morgan fingerprint density at radius 1 is 0.467 bits per heavy atom. The normalized spacial score (nSPS) is 10.1. The van der Waals surface area contributed by atoms with E-state index in [-0.39, 0.29) is 71.6 Å². The van der Waals surface area contributed by atoms with Crippen molar-refractivity contribution in [3.8, 4) is 89.9 Å². The molecule has 0 saturated heterocycles. The van der Waals surface area contributed by atoms with Crippen molar-refractivity contribution in [2.75, 3.05) is 0 Å². The van der Waals surface area contributed by atoms with Gasteiger partial charge in [0.25, 0.3) is 0 Å². The van der Waals surface area contributed by atoms with Crippen LogP contribution in [0, 0.1) is 70.7 Å². The van der Waals surface area contributed by atoms with Crippen molar-refractivity contribution in [2.45, 2.75) is 27.7 Å². The molecule has 92 heavy (non-hydrogen) atoms. The standard InChI is InChI=1S/C32H26N3.C28H18N3.C11H6F2N.C7H7NO.3Ir/c1-21-10-6-11-22(2)29(21)27-16-9-17-28(30-23(3)12-7-13-24(30)4)31(27)35-19-18-34-32(35)25-14-8-15-26(20-25)33-5;1-29-24-15-8-14-23(20-24)28-30-18-19-31(28)27-25(21-10-4-2-5-11-21)16-9-17-26(27)22-12-6-3-7-13-22;12-8-4-5-9(10(13)7-8)11-3-1-2-6-14-11;1-6(9)7-4-2-3-5-8-7;;;/h6-13,15-20H,1-4H3;2-13,15-20H;1-4,6-7H;2-5,9H,1H2;;;/q3*-1;;;;. The van der Waals surface area contributed by atoms with E-state index in [2.05, 4.69) is 208 Å². The van der Waals surface area contributed by atoms with Crippen LogP contribution < -0.4 is 0 Å². The van der Waals surface area contributed by atoms with Gasteiger partial charge in [-0.25, -0.2) is 0 Å². The molecule has 0 amide bonds. The van der Waals surface area contributed by atoms with Crippen LogP contribution in [0.5, 0.6) is 0 Å². The third kappa shape index (κ3) is 16.3. The van der Waals surface area contributed by atoms with Gasteiger partial charge in [0.1, 0.15) is 22.8 Å². The first kappa shape index (κ1) is 69.5. The molecule has 3 radical (unpaired) electrons. The van der Waals surface area contributed by atoms with Crippen molar-refractivity contribution in [2.24, 2.45) is 0 Å². The number of rotatable bonds is 10. The predicted octanol–water partition coefficient (Wildman–Crippen LogP) is 20.1. The smallest absolute Gasteiger partial charge is 0.134 e. The van der Waals surface area contributed by atoms with Crippen LogP contribution in [-0.2, 0) is 60.3 Å². The molecule has 4 aromatic heterocycles. The molecule has 4 heterocycles. The molecule has 9 nitrogen and oxygen atoms in total.